The van der Waals surface area contributed by atoms with E-state index in [9.17, 15) is 4.79 Å². The molecular weight excluding hydrogens is 252 g/mol. The van der Waals surface area contributed by atoms with Gasteiger partial charge in [-0.2, -0.15) is 0 Å². The summed E-state index contributed by atoms with van der Waals surface area (Å²) in [5, 5.41) is 11.7. The van der Waals surface area contributed by atoms with Crippen LogP contribution in [0.1, 0.15) is 60.6 Å². The Morgan fingerprint density at radius 3 is 2.45 bits per heavy atom. The smallest absolute Gasteiger partial charge is 0.140 e. The fraction of sp³-hybridized carbons (Fsp3) is 0.800. The summed E-state index contributed by atoms with van der Waals surface area (Å²) in [5.74, 6) is 0.236. The quantitative estimate of drug-likeness (QED) is 0.833. The van der Waals surface area contributed by atoms with Gasteiger partial charge in [-0.15, -0.1) is 5.10 Å². The molecule has 114 valence electrons. The molecule has 0 spiro atoms. The van der Waals surface area contributed by atoms with E-state index in [0.717, 1.165) is 5.69 Å². The van der Waals surface area contributed by atoms with Gasteiger partial charge in [0.2, 0.25) is 0 Å². The predicted molar refractivity (Wildman–Crippen MR) is 80.4 cm³/mol. The summed E-state index contributed by atoms with van der Waals surface area (Å²) in [6.07, 6.45) is 2.47. The summed E-state index contributed by atoms with van der Waals surface area (Å²) in [4.78, 5) is 12.2. The van der Waals surface area contributed by atoms with E-state index in [1.165, 1.54) is 0 Å². The van der Waals surface area contributed by atoms with Crippen molar-refractivity contribution in [3.8, 4) is 0 Å². The van der Waals surface area contributed by atoms with E-state index in [0.29, 0.717) is 19.0 Å². The highest BCUT2D eigenvalue weighted by atomic mass is 16.1. The molecule has 0 aliphatic heterocycles. The molecule has 0 bridgehead atoms. The minimum atomic E-state index is -0.488. The summed E-state index contributed by atoms with van der Waals surface area (Å²) in [6.45, 7) is 14.8. The first-order valence-electron chi connectivity index (χ1n) is 7.31. The molecule has 1 rings (SSSR count). The fourth-order valence-corrected chi connectivity index (χ4v) is 2.03. The minimum absolute atomic E-state index is 0.236. The molecule has 0 aromatic carbocycles. The zero-order valence-corrected chi connectivity index (χ0v) is 13.8. The van der Waals surface area contributed by atoms with Crippen LogP contribution < -0.4 is 5.32 Å². The zero-order chi connectivity index (χ0) is 15.6. The Morgan fingerprint density at radius 1 is 1.35 bits per heavy atom. The lowest BCUT2D eigenvalue weighted by Gasteiger charge is -2.40. The van der Waals surface area contributed by atoms with E-state index in [-0.39, 0.29) is 5.78 Å². The number of ketones is 1. The maximum Gasteiger partial charge on any atom is 0.140 e. The number of aromatic nitrogens is 3. The average Bonchev–Trinajstić information content (AvgIpc) is 2.84. The van der Waals surface area contributed by atoms with Crippen molar-refractivity contribution in [1.29, 1.82) is 0 Å². The van der Waals surface area contributed by atoms with Crippen molar-refractivity contribution < 1.29 is 4.79 Å². The van der Waals surface area contributed by atoms with E-state index in [1.807, 2.05) is 45.5 Å². The number of carbonyl (C=O) groups excluding carboxylic acids is 1. The van der Waals surface area contributed by atoms with Crippen molar-refractivity contribution in [2.24, 2.45) is 5.41 Å². The SMILES string of the molecule is CCC(=O)C(C)(C)C(C)(C)n1cc(CNC(C)C)nn1. The number of hydrogen-bond donors (Lipinski definition) is 1. The normalized spacial score (nSPS) is 13.0. The molecule has 1 aromatic rings. The lowest BCUT2D eigenvalue weighted by atomic mass is 9.71. The van der Waals surface area contributed by atoms with Crippen molar-refractivity contribution in [3.63, 3.8) is 0 Å². The van der Waals surface area contributed by atoms with Crippen LogP contribution >= 0.6 is 0 Å². The molecular formula is C15H28N4O. The maximum absolute atomic E-state index is 12.2. The molecule has 5 nitrogen and oxygen atoms in total. The van der Waals surface area contributed by atoms with Gasteiger partial charge in [0.25, 0.3) is 0 Å². The molecule has 0 fully saturated rings. The maximum atomic E-state index is 12.2. The molecule has 0 atom stereocenters. The highest BCUT2D eigenvalue weighted by Crippen LogP contribution is 2.38. The Kier molecular flexibility index (Phi) is 5.08. The van der Waals surface area contributed by atoms with E-state index < -0.39 is 11.0 Å². The van der Waals surface area contributed by atoms with Crippen LogP contribution in [0.2, 0.25) is 0 Å². The highest BCUT2D eigenvalue weighted by molar-refractivity contribution is 5.84. The first-order valence-corrected chi connectivity index (χ1v) is 7.31. The number of rotatable bonds is 7. The number of Topliss-reactive ketones (excluding diaryl/α,β-unsaturated/α-hetero) is 1. The Balaban J connectivity index is 2.95. The molecule has 0 saturated heterocycles. The third-order valence-electron chi connectivity index (χ3n) is 4.35. The van der Waals surface area contributed by atoms with Gasteiger partial charge in [-0.1, -0.05) is 39.8 Å². The Morgan fingerprint density at radius 2 is 1.95 bits per heavy atom. The van der Waals surface area contributed by atoms with E-state index >= 15 is 0 Å². The summed E-state index contributed by atoms with van der Waals surface area (Å²) < 4.78 is 1.82. The fourth-order valence-electron chi connectivity index (χ4n) is 2.03. The van der Waals surface area contributed by atoms with Crippen LogP contribution in [0.4, 0.5) is 0 Å². The summed E-state index contributed by atoms with van der Waals surface area (Å²) in [5.41, 5.74) is -0.00649. The minimum Gasteiger partial charge on any atom is -0.309 e. The molecule has 20 heavy (non-hydrogen) atoms. The molecule has 1 aromatic heterocycles. The van der Waals surface area contributed by atoms with Crippen LogP contribution in [0.15, 0.2) is 6.20 Å². The standard InChI is InChI=1S/C15H28N4O/c1-8-13(20)14(4,5)15(6,7)19-10-12(17-18-19)9-16-11(2)3/h10-11,16H,8-9H2,1-7H3. The van der Waals surface area contributed by atoms with Gasteiger partial charge in [-0.25, -0.2) is 4.68 Å². The van der Waals surface area contributed by atoms with Gasteiger partial charge in [0.15, 0.2) is 0 Å². The molecule has 0 unspecified atom stereocenters. The van der Waals surface area contributed by atoms with Crippen molar-refractivity contribution >= 4 is 5.78 Å². The summed E-state index contributed by atoms with van der Waals surface area (Å²) in [6, 6.07) is 0.409. The summed E-state index contributed by atoms with van der Waals surface area (Å²) >= 11 is 0. The lowest BCUT2D eigenvalue weighted by Crippen LogP contribution is -2.47. The van der Waals surface area contributed by atoms with Gasteiger partial charge in [0.05, 0.1) is 17.4 Å². The predicted octanol–water partition coefficient (Wildman–Crippen LogP) is 2.52. The first-order chi connectivity index (χ1) is 9.12. The molecule has 0 saturated carbocycles. The van der Waals surface area contributed by atoms with E-state index in [4.69, 9.17) is 0 Å². The van der Waals surface area contributed by atoms with Crippen molar-refractivity contribution in [3.05, 3.63) is 11.9 Å². The topological polar surface area (TPSA) is 59.8 Å². The average molecular weight is 280 g/mol. The highest BCUT2D eigenvalue weighted by Gasteiger charge is 2.44. The van der Waals surface area contributed by atoms with Crippen LogP contribution in [-0.2, 0) is 16.9 Å². The van der Waals surface area contributed by atoms with Crippen LogP contribution in [0, 0.1) is 5.41 Å². The van der Waals surface area contributed by atoms with Gasteiger partial charge in [0, 0.05) is 24.4 Å². The van der Waals surface area contributed by atoms with Crippen LogP contribution in [0.25, 0.3) is 0 Å². The molecule has 1 N–H and O–H groups in total. The van der Waals surface area contributed by atoms with Gasteiger partial charge in [-0.3, -0.25) is 4.79 Å². The number of nitrogens with zero attached hydrogens (tertiary/aromatic N) is 3. The van der Waals surface area contributed by atoms with Crippen LogP contribution in [-0.4, -0.2) is 26.8 Å². The molecule has 0 radical (unpaired) electrons. The van der Waals surface area contributed by atoms with Crippen LogP contribution in [0.5, 0.6) is 0 Å². The largest absolute Gasteiger partial charge is 0.309 e. The monoisotopic (exact) mass is 280 g/mol. The number of hydrogen-bond acceptors (Lipinski definition) is 4. The third-order valence-corrected chi connectivity index (χ3v) is 4.35. The number of carbonyl (C=O) groups is 1. The third kappa shape index (κ3) is 3.26. The molecule has 0 aliphatic carbocycles. The Labute approximate surface area is 122 Å². The lowest BCUT2D eigenvalue weighted by molar-refractivity contribution is -0.132. The van der Waals surface area contributed by atoms with E-state index in [1.54, 1.807) is 0 Å². The second kappa shape index (κ2) is 6.04. The molecule has 1 heterocycles. The Hall–Kier alpha value is -1.23. The first kappa shape index (κ1) is 16.8. The van der Waals surface area contributed by atoms with Gasteiger partial charge in [0.1, 0.15) is 5.78 Å². The van der Waals surface area contributed by atoms with Gasteiger partial charge >= 0.3 is 0 Å². The Bertz CT molecular complexity index is 460. The van der Waals surface area contributed by atoms with E-state index in [2.05, 4.69) is 29.5 Å². The van der Waals surface area contributed by atoms with Crippen molar-refractivity contribution in [2.45, 2.75) is 73.0 Å². The second-order valence-corrected chi connectivity index (χ2v) is 6.65. The molecule has 5 heteroatoms. The van der Waals surface area contributed by atoms with Crippen LogP contribution in [0.3, 0.4) is 0 Å². The zero-order valence-electron chi connectivity index (χ0n) is 13.8. The number of nitrogens with one attached hydrogen (secondary N) is 1. The van der Waals surface area contributed by atoms with Gasteiger partial charge in [-0.05, 0) is 13.8 Å². The van der Waals surface area contributed by atoms with Crippen molar-refractivity contribution in [1.82, 2.24) is 20.3 Å². The van der Waals surface area contributed by atoms with Gasteiger partial charge < -0.3 is 5.32 Å². The van der Waals surface area contributed by atoms with Crippen molar-refractivity contribution in [2.75, 3.05) is 0 Å². The molecule has 0 amide bonds. The second-order valence-electron chi connectivity index (χ2n) is 6.65. The summed E-state index contributed by atoms with van der Waals surface area (Å²) in [7, 11) is 0. The molecule has 0 aliphatic rings.